The molecular weight excluding hydrogens is 530 g/mol. The van der Waals surface area contributed by atoms with E-state index in [1.165, 1.54) is 37.0 Å². The highest BCUT2D eigenvalue weighted by atomic mass is 32.2. The molecule has 3 rings (SSSR count). The zero-order valence-corrected chi connectivity index (χ0v) is 27.1. The number of aliphatic imine (C=N–C) groups is 1. The number of para-hydroxylation sites is 1. The highest BCUT2D eigenvalue weighted by Crippen LogP contribution is 2.29. The second-order valence-corrected chi connectivity index (χ2v) is 8.87. The Morgan fingerprint density at radius 1 is 1.05 bits per heavy atom. The van der Waals surface area contributed by atoms with E-state index in [-0.39, 0.29) is 18.1 Å². The predicted octanol–water partition coefficient (Wildman–Crippen LogP) is 10.6. The number of unbranched alkanes of at least 4 members (excludes halogenated alkanes) is 2. The van der Waals surface area contributed by atoms with Gasteiger partial charge in [0, 0.05) is 22.6 Å². The summed E-state index contributed by atoms with van der Waals surface area (Å²) in [4.78, 5) is 5.00. The molecule has 0 saturated heterocycles. The molecule has 6 heteroatoms. The lowest BCUT2D eigenvalue weighted by Crippen LogP contribution is -2.07. The summed E-state index contributed by atoms with van der Waals surface area (Å²) in [7, 11) is 0. The number of rotatable bonds is 9. The number of ether oxygens (including phenoxy) is 1. The van der Waals surface area contributed by atoms with E-state index >= 15 is 0 Å². The van der Waals surface area contributed by atoms with Gasteiger partial charge >= 0.3 is 0 Å². The van der Waals surface area contributed by atoms with Gasteiger partial charge in [-0.05, 0) is 79.8 Å². The van der Waals surface area contributed by atoms with Crippen molar-refractivity contribution in [3.63, 3.8) is 0 Å². The van der Waals surface area contributed by atoms with Crippen LogP contribution in [0.25, 0.3) is 0 Å². The van der Waals surface area contributed by atoms with Crippen LogP contribution in [0.2, 0.25) is 0 Å². The minimum atomic E-state index is -2.17. The SMILES string of the molecule is C.C=C/C(C)=C1\CC(CCCCC)=CC(c2ccccc2O)=N1.CC.CC.CC.CCOc1cccc(S(=O)[O-])c1. The Bertz CT molecular complexity index is 1090. The molecule has 41 heavy (non-hydrogen) atoms. The van der Waals surface area contributed by atoms with Crippen LogP contribution in [-0.4, -0.2) is 26.2 Å². The fourth-order valence-corrected chi connectivity index (χ4v) is 3.85. The lowest BCUT2D eigenvalue weighted by Gasteiger charge is -2.18. The first kappa shape index (κ1) is 42.5. The lowest BCUT2D eigenvalue weighted by atomic mass is 9.94. The van der Waals surface area contributed by atoms with Gasteiger partial charge in [-0.25, -0.2) is 0 Å². The smallest absolute Gasteiger partial charge is 0.124 e. The average Bonchev–Trinajstić information content (AvgIpc) is 3.00. The molecule has 232 valence electrons. The van der Waals surface area contributed by atoms with E-state index in [9.17, 15) is 13.9 Å². The Labute approximate surface area is 254 Å². The standard InChI is InChI=1S/C20H25NO.C8H10O3S.3C2H6.CH4/c1-4-6-7-10-16-13-18(15(3)5-2)21-19(14-16)17-11-8-9-12-20(17)22;1-2-11-7-4-3-5-8(6-7)12(9)10;3*1-2;/h5,8-9,11-12,14,22H,2,4,6-7,10,13H2,1,3H3;3-6H,2H2,1H3,(H,9,10);3*1-2H3;1H4/p-1/b18-15+;;;;;. The van der Waals surface area contributed by atoms with E-state index in [4.69, 9.17) is 9.73 Å². The van der Waals surface area contributed by atoms with Crippen molar-refractivity contribution in [2.24, 2.45) is 4.99 Å². The molecule has 2 aromatic carbocycles. The third-order valence-corrected chi connectivity index (χ3v) is 5.98. The second-order valence-electron chi connectivity index (χ2n) is 7.93. The Morgan fingerprint density at radius 3 is 2.22 bits per heavy atom. The summed E-state index contributed by atoms with van der Waals surface area (Å²) in [6, 6.07) is 13.8. The zero-order chi connectivity index (χ0) is 30.9. The first-order chi connectivity index (χ1) is 19.4. The highest BCUT2D eigenvalue weighted by molar-refractivity contribution is 7.79. The van der Waals surface area contributed by atoms with Crippen LogP contribution >= 0.6 is 0 Å². The minimum absolute atomic E-state index is 0. The fraction of sp³-hybridized carbons (Fsp3) is 0.457. The summed E-state index contributed by atoms with van der Waals surface area (Å²) in [5.74, 6) is 0.863. The van der Waals surface area contributed by atoms with E-state index in [1.807, 2.05) is 79.7 Å². The number of hydrogen-bond acceptors (Lipinski definition) is 5. The zero-order valence-electron chi connectivity index (χ0n) is 26.3. The van der Waals surface area contributed by atoms with Crippen molar-refractivity contribution in [1.82, 2.24) is 0 Å². The number of phenols is 1. The van der Waals surface area contributed by atoms with Gasteiger partial charge in [0.25, 0.3) is 0 Å². The summed E-state index contributed by atoms with van der Waals surface area (Å²) in [6.07, 6.45) is 9.66. The van der Waals surface area contributed by atoms with Crippen molar-refractivity contribution < 1.29 is 18.6 Å². The maximum Gasteiger partial charge on any atom is 0.124 e. The summed E-state index contributed by atoms with van der Waals surface area (Å²) < 4.78 is 26.1. The van der Waals surface area contributed by atoms with Crippen LogP contribution in [0, 0.1) is 0 Å². The van der Waals surface area contributed by atoms with Gasteiger partial charge in [-0.15, -0.1) is 0 Å². The number of dihydropyridines is 1. The molecule has 1 aliphatic heterocycles. The van der Waals surface area contributed by atoms with Crippen molar-refractivity contribution >= 4 is 16.8 Å². The van der Waals surface area contributed by atoms with Gasteiger partial charge in [0.05, 0.1) is 12.3 Å². The first-order valence-corrected chi connectivity index (χ1v) is 15.7. The molecule has 1 aliphatic rings. The monoisotopic (exact) mass is 586 g/mol. The molecule has 0 aliphatic carbocycles. The summed E-state index contributed by atoms with van der Waals surface area (Å²) in [5, 5.41) is 10.1. The Hall–Kier alpha value is -2.96. The van der Waals surface area contributed by atoms with E-state index < -0.39 is 11.1 Å². The molecule has 0 saturated carbocycles. The molecule has 1 heterocycles. The van der Waals surface area contributed by atoms with E-state index in [0.717, 1.165) is 35.4 Å². The minimum Gasteiger partial charge on any atom is -0.768 e. The number of nitrogens with zero attached hydrogens (tertiary/aromatic N) is 1. The Balaban J connectivity index is -0.000000646. The number of hydrogen-bond donors (Lipinski definition) is 1. The van der Waals surface area contributed by atoms with Gasteiger partial charge in [-0.1, -0.05) is 105 Å². The third-order valence-electron chi connectivity index (χ3n) is 5.34. The Morgan fingerprint density at radius 2 is 1.68 bits per heavy atom. The molecular formula is C35H56NO4S-. The normalized spacial score (nSPS) is 13.1. The van der Waals surface area contributed by atoms with Crippen LogP contribution in [0.4, 0.5) is 0 Å². The number of benzene rings is 2. The van der Waals surface area contributed by atoms with Gasteiger partial charge < -0.3 is 14.4 Å². The highest BCUT2D eigenvalue weighted by Gasteiger charge is 2.15. The van der Waals surface area contributed by atoms with Crippen molar-refractivity contribution in [3.05, 3.63) is 89.7 Å². The van der Waals surface area contributed by atoms with Crippen molar-refractivity contribution in [2.75, 3.05) is 6.61 Å². The van der Waals surface area contributed by atoms with Crippen molar-refractivity contribution in [3.8, 4) is 11.5 Å². The molecule has 1 atom stereocenters. The van der Waals surface area contributed by atoms with Gasteiger partial charge in [-0.2, -0.15) is 0 Å². The fourth-order valence-electron chi connectivity index (χ4n) is 3.45. The molecule has 1 N–H and O–H groups in total. The Kier molecular flexibility index (Phi) is 28.2. The third kappa shape index (κ3) is 16.8. The van der Waals surface area contributed by atoms with Gasteiger partial charge in [0.2, 0.25) is 0 Å². The molecule has 0 fully saturated rings. The number of phenolic OH excluding ortho intramolecular Hbond substituents is 1. The summed E-state index contributed by atoms with van der Waals surface area (Å²) >= 11 is -2.17. The van der Waals surface area contributed by atoms with Gasteiger partial charge in [0.1, 0.15) is 11.5 Å². The lowest BCUT2D eigenvalue weighted by molar-refractivity contribution is 0.339. The van der Waals surface area contributed by atoms with E-state index in [0.29, 0.717) is 12.4 Å². The van der Waals surface area contributed by atoms with Crippen molar-refractivity contribution in [2.45, 2.75) is 107 Å². The molecule has 0 spiro atoms. The first-order valence-electron chi connectivity index (χ1n) is 14.6. The predicted molar refractivity (Wildman–Crippen MR) is 180 cm³/mol. The summed E-state index contributed by atoms with van der Waals surface area (Å²) in [6.45, 7) is 22.5. The van der Waals surface area contributed by atoms with Crippen LogP contribution in [0.3, 0.4) is 0 Å². The quantitative estimate of drug-likeness (QED) is 0.234. The van der Waals surface area contributed by atoms with E-state index in [2.05, 4.69) is 19.6 Å². The average molecular weight is 587 g/mol. The topological polar surface area (TPSA) is 82.0 Å². The molecule has 0 aromatic heterocycles. The van der Waals surface area contributed by atoms with Crippen LogP contribution in [0.15, 0.2) is 94.0 Å². The molecule has 0 amide bonds. The van der Waals surface area contributed by atoms with Crippen molar-refractivity contribution in [1.29, 1.82) is 0 Å². The molecule has 1 unspecified atom stereocenters. The second kappa shape index (κ2) is 27.2. The molecule has 5 nitrogen and oxygen atoms in total. The van der Waals surface area contributed by atoms with Gasteiger partial charge in [0.15, 0.2) is 0 Å². The maximum atomic E-state index is 10.5. The molecule has 0 bridgehead atoms. The molecule has 0 radical (unpaired) electrons. The summed E-state index contributed by atoms with van der Waals surface area (Å²) in [5.41, 5.74) is 5.20. The molecule has 2 aromatic rings. The van der Waals surface area contributed by atoms with Crippen LogP contribution in [0.1, 0.15) is 107 Å². The number of aromatic hydroxyl groups is 1. The number of allylic oxidation sites excluding steroid dienone is 4. The maximum absolute atomic E-state index is 10.5. The van der Waals surface area contributed by atoms with Gasteiger partial charge in [-0.3, -0.25) is 9.20 Å². The largest absolute Gasteiger partial charge is 0.768 e. The van der Waals surface area contributed by atoms with Crippen LogP contribution in [0.5, 0.6) is 11.5 Å². The van der Waals surface area contributed by atoms with Crippen LogP contribution in [-0.2, 0) is 11.1 Å². The van der Waals surface area contributed by atoms with Crippen LogP contribution < -0.4 is 4.74 Å². The van der Waals surface area contributed by atoms with E-state index in [1.54, 1.807) is 18.2 Å².